The van der Waals surface area contributed by atoms with E-state index >= 15 is 0 Å². The Morgan fingerprint density at radius 3 is 2.36 bits per heavy atom. The van der Waals surface area contributed by atoms with Crippen molar-refractivity contribution in [2.24, 2.45) is 0 Å². The fourth-order valence-electron chi connectivity index (χ4n) is 2.86. The van der Waals surface area contributed by atoms with Crippen molar-refractivity contribution in [1.82, 2.24) is 9.97 Å². The maximum atomic E-state index is 13.1. The topological polar surface area (TPSA) is 66.9 Å². The molecule has 0 aliphatic rings. The summed E-state index contributed by atoms with van der Waals surface area (Å²) < 4.78 is 13.1. The minimum atomic E-state index is -0.318. The minimum Gasteiger partial charge on any atom is -0.340 e. The first kappa shape index (κ1) is 19.5. The third kappa shape index (κ3) is 4.71. The highest BCUT2D eigenvalue weighted by atomic mass is 19.1. The first-order valence-corrected chi connectivity index (χ1v) is 9.01. The van der Waals surface area contributed by atoms with Gasteiger partial charge in [-0.2, -0.15) is 0 Å². The molecule has 0 spiro atoms. The van der Waals surface area contributed by atoms with Crippen LogP contribution in [-0.2, 0) is 5.41 Å². The van der Waals surface area contributed by atoms with Crippen LogP contribution < -0.4 is 10.6 Å². The predicted molar refractivity (Wildman–Crippen MR) is 110 cm³/mol. The van der Waals surface area contributed by atoms with Crippen molar-refractivity contribution in [3.63, 3.8) is 0 Å². The molecule has 28 heavy (non-hydrogen) atoms. The first-order chi connectivity index (χ1) is 13.2. The van der Waals surface area contributed by atoms with Crippen LogP contribution in [0, 0.1) is 12.7 Å². The van der Waals surface area contributed by atoms with E-state index in [1.165, 1.54) is 12.1 Å². The molecule has 3 aromatic rings. The lowest BCUT2D eigenvalue weighted by Crippen LogP contribution is -2.20. The molecule has 0 saturated carbocycles. The molecular weight excluding hydrogens is 355 g/mol. The number of nitrogens with one attached hydrogen (secondary N) is 2. The summed E-state index contributed by atoms with van der Waals surface area (Å²) in [5.74, 6) is 0.293. The number of carbonyl (C=O) groups is 1. The number of amides is 1. The number of aromatic nitrogens is 2. The highest BCUT2D eigenvalue weighted by Gasteiger charge is 2.19. The van der Waals surface area contributed by atoms with Gasteiger partial charge in [0.1, 0.15) is 23.2 Å². The van der Waals surface area contributed by atoms with E-state index < -0.39 is 0 Å². The Kier molecular flexibility index (Phi) is 5.40. The Balaban J connectivity index is 1.85. The summed E-state index contributed by atoms with van der Waals surface area (Å²) in [5, 5.41) is 6.02. The maximum Gasteiger partial charge on any atom is 0.274 e. The van der Waals surface area contributed by atoms with Crippen molar-refractivity contribution in [3.05, 3.63) is 77.5 Å². The number of nitrogens with zero attached hydrogens (tertiary/aromatic N) is 2. The second-order valence-electron chi connectivity index (χ2n) is 7.57. The molecule has 1 amide bonds. The summed E-state index contributed by atoms with van der Waals surface area (Å²) in [4.78, 5) is 21.4. The van der Waals surface area contributed by atoms with E-state index in [-0.39, 0.29) is 22.8 Å². The van der Waals surface area contributed by atoms with Gasteiger partial charge >= 0.3 is 0 Å². The van der Waals surface area contributed by atoms with Crippen molar-refractivity contribution >= 4 is 23.1 Å². The summed E-state index contributed by atoms with van der Waals surface area (Å²) in [5.41, 5.74) is 2.61. The van der Waals surface area contributed by atoms with Gasteiger partial charge in [-0.1, -0.05) is 39.0 Å². The van der Waals surface area contributed by atoms with Crippen LogP contribution in [0.4, 0.5) is 21.6 Å². The summed E-state index contributed by atoms with van der Waals surface area (Å²) in [6.45, 7) is 8.00. The molecule has 5 nitrogen and oxygen atoms in total. The van der Waals surface area contributed by atoms with Gasteiger partial charge in [-0.05, 0) is 48.2 Å². The molecule has 2 N–H and O–H groups in total. The Morgan fingerprint density at radius 2 is 1.68 bits per heavy atom. The van der Waals surface area contributed by atoms with Crippen LogP contribution in [0.15, 0.2) is 54.6 Å². The van der Waals surface area contributed by atoms with Crippen molar-refractivity contribution in [2.45, 2.75) is 33.1 Å². The second-order valence-corrected chi connectivity index (χ2v) is 7.57. The number of anilines is 3. The standard InChI is InChI=1S/C22H23FN4O/c1-14-24-19(13-20(25-14)26-16-11-9-15(23)10-12-16)21(28)27-18-8-6-5-7-17(18)22(2,3)4/h5-13H,1-4H3,(H,27,28)(H,24,25,26). The number of benzene rings is 2. The summed E-state index contributed by atoms with van der Waals surface area (Å²) in [6.07, 6.45) is 0. The Labute approximate surface area is 164 Å². The van der Waals surface area contributed by atoms with Crippen LogP contribution in [0.3, 0.4) is 0 Å². The van der Waals surface area contributed by atoms with Gasteiger partial charge in [-0.3, -0.25) is 4.79 Å². The van der Waals surface area contributed by atoms with Gasteiger partial charge in [0.2, 0.25) is 0 Å². The number of aryl methyl sites for hydroxylation is 1. The maximum absolute atomic E-state index is 13.1. The normalized spacial score (nSPS) is 11.2. The number of halogens is 1. The van der Waals surface area contributed by atoms with Gasteiger partial charge in [0.15, 0.2) is 0 Å². The van der Waals surface area contributed by atoms with E-state index in [1.54, 1.807) is 25.1 Å². The molecule has 6 heteroatoms. The molecule has 1 heterocycles. The zero-order chi connectivity index (χ0) is 20.3. The highest BCUT2D eigenvalue weighted by Crippen LogP contribution is 2.29. The van der Waals surface area contributed by atoms with Crippen LogP contribution in [0.1, 0.15) is 42.6 Å². The fourth-order valence-corrected chi connectivity index (χ4v) is 2.86. The molecule has 0 fully saturated rings. The average molecular weight is 378 g/mol. The number of para-hydroxylation sites is 1. The largest absolute Gasteiger partial charge is 0.340 e. The van der Waals surface area contributed by atoms with Crippen LogP contribution in [0.2, 0.25) is 0 Å². The summed E-state index contributed by atoms with van der Waals surface area (Å²) >= 11 is 0. The predicted octanol–water partition coefficient (Wildman–Crippen LogP) is 5.22. The van der Waals surface area contributed by atoms with E-state index in [2.05, 4.69) is 41.4 Å². The molecule has 0 bridgehead atoms. The van der Waals surface area contributed by atoms with Gasteiger partial charge in [-0.15, -0.1) is 0 Å². The minimum absolute atomic E-state index is 0.110. The molecule has 0 unspecified atom stereocenters. The van der Waals surface area contributed by atoms with Crippen molar-refractivity contribution in [3.8, 4) is 0 Å². The van der Waals surface area contributed by atoms with Gasteiger partial charge in [0, 0.05) is 17.4 Å². The average Bonchev–Trinajstić information content (AvgIpc) is 2.63. The fraction of sp³-hybridized carbons (Fsp3) is 0.227. The number of carbonyl (C=O) groups excluding carboxylic acids is 1. The number of rotatable bonds is 4. The molecule has 0 radical (unpaired) electrons. The van der Waals surface area contributed by atoms with Crippen LogP contribution in [0.5, 0.6) is 0 Å². The SMILES string of the molecule is Cc1nc(Nc2ccc(F)cc2)cc(C(=O)Nc2ccccc2C(C)(C)C)n1. The molecule has 3 rings (SSSR count). The zero-order valence-electron chi connectivity index (χ0n) is 16.4. The monoisotopic (exact) mass is 378 g/mol. The van der Waals surface area contributed by atoms with E-state index in [4.69, 9.17) is 0 Å². The van der Waals surface area contributed by atoms with Crippen molar-refractivity contribution in [2.75, 3.05) is 10.6 Å². The lowest BCUT2D eigenvalue weighted by atomic mass is 9.86. The molecule has 144 valence electrons. The van der Waals surface area contributed by atoms with Gasteiger partial charge in [-0.25, -0.2) is 14.4 Å². The molecule has 0 aliphatic heterocycles. The summed E-state index contributed by atoms with van der Waals surface area (Å²) in [7, 11) is 0. The van der Waals surface area contributed by atoms with Crippen LogP contribution in [0.25, 0.3) is 0 Å². The molecule has 0 atom stereocenters. The number of hydrogen-bond acceptors (Lipinski definition) is 4. The molecular formula is C22H23FN4O. The second kappa shape index (κ2) is 7.76. The van der Waals surface area contributed by atoms with Crippen molar-refractivity contribution in [1.29, 1.82) is 0 Å². The molecule has 0 saturated heterocycles. The lowest BCUT2D eigenvalue weighted by Gasteiger charge is -2.23. The third-order valence-corrected chi connectivity index (χ3v) is 4.17. The van der Waals surface area contributed by atoms with Crippen molar-refractivity contribution < 1.29 is 9.18 Å². The van der Waals surface area contributed by atoms with E-state index in [0.717, 1.165) is 11.3 Å². The third-order valence-electron chi connectivity index (χ3n) is 4.17. The van der Waals surface area contributed by atoms with Crippen LogP contribution >= 0.6 is 0 Å². The van der Waals surface area contributed by atoms with Gasteiger partial charge in [0.25, 0.3) is 5.91 Å². The van der Waals surface area contributed by atoms with E-state index in [0.29, 0.717) is 17.3 Å². The molecule has 0 aliphatic carbocycles. The quantitative estimate of drug-likeness (QED) is 0.653. The molecule has 1 aromatic heterocycles. The van der Waals surface area contributed by atoms with Crippen LogP contribution in [-0.4, -0.2) is 15.9 Å². The zero-order valence-corrected chi connectivity index (χ0v) is 16.4. The van der Waals surface area contributed by atoms with E-state index in [9.17, 15) is 9.18 Å². The van der Waals surface area contributed by atoms with E-state index in [1.807, 2.05) is 24.3 Å². The Morgan fingerprint density at radius 1 is 1.00 bits per heavy atom. The Hall–Kier alpha value is -3.28. The summed E-state index contributed by atoms with van der Waals surface area (Å²) in [6, 6.07) is 15.2. The van der Waals surface area contributed by atoms with Gasteiger partial charge < -0.3 is 10.6 Å². The van der Waals surface area contributed by atoms with Gasteiger partial charge in [0.05, 0.1) is 0 Å². The molecule has 2 aromatic carbocycles. The smallest absolute Gasteiger partial charge is 0.274 e. The number of hydrogen-bond donors (Lipinski definition) is 2. The Bertz CT molecular complexity index is 994. The first-order valence-electron chi connectivity index (χ1n) is 9.01. The lowest BCUT2D eigenvalue weighted by molar-refractivity contribution is 0.102. The highest BCUT2D eigenvalue weighted by molar-refractivity contribution is 6.03.